The third-order valence-corrected chi connectivity index (χ3v) is 2.72. The van der Waals surface area contributed by atoms with E-state index < -0.39 is 11.7 Å². The van der Waals surface area contributed by atoms with Crippen LogP contribution in [0.15, 0.2) is 35.7 Å². The third kappa shape index (κ3) is 8.70. The number of rotatable bonds is 7. The van der Waals surface area contributed by atoms with Crippen molar-refractivity contribution in [1.82, 2.24) is 4.90 Å². The molecule has 0 aromatic rings. The first-order chi connectivity index (χ1) is 8.93. The van der Waals surface area contributed by atoms with Crippen molar-refractivity contribution in [2.24, 2.45) is 5.73 Å². The molecule has 0 fully saturated rings. The second-order valence-electron chi connectivity index (χ2n) is 3.52. The number of hydrogen-bond donors (Lipinski definition) is 1. The zero-order chi connectivity index (χ0) is 15.4. The van der Waals surface area contributed by atoms with Crippen LogP contribution in [0.2, 0.25) is 0 Å². The minimum Gasteiger partial charge on any atom is -0.399 e. The van der Waals surface area contributed by atoms with Gasteiger partial charge in [0.15, 0.2) is 5.83 Å². The Balaban J connectivity index is 0. The molecule has 0 amide bonds. The number of allylic oxidation sites excluding steroid dienone is 3. The second kappa shape index (κ2) is 12.1. The van der Waals surface area contributed by atoms with Gasteiger partial charge in [-0.1, -0.05) is 20.4 Å². The van der Waals surface area contributed by atoms with Crippen molar-refractivity contribution in [3.8, 4) is 0 Å². The number of nitrogens with two attached hydrogens (primary N) is 1. The molecule has 0 atom stereocenters. The SMILES string of the molecule is C=C(N)/C=C(F)\C(=C(/C)F)N(CC)CCSC.CC. The Bertz CT molecular complexity index is 321. The standard InChI is InChI=1S/C12H20F2N2S.C2H6/c1-5-16(6-7-17-4)12(10(3)13)11(14)8-9(2)15;1-2/h8H,2,5-7,15H2,1,3-4H3;1-2H3/b11-8+,12-10-;. The highest BCUT2D eigenvalue weighted by Gasteiger charge is 2.16. The molecule has 0 aliphatic rings. The van der Waals surface area contributed by atoms with E-state index in [9.17, 15) is 8.78 Å². The summed E-state index contributed by atoms with van der Waals surface area (Å²) in [5, 5.41) is 0. The lowest BCUT2D eigenvalue weighted by Crippen LogP contribution is -2.26. The van der Waals surface area contributed by atoms with E-state index in [0.717, 1.165) is 11.8 Å². The Kier molecular flexibility index (Phi) is 12.9. The van der Waals surface area contributed by atoms with Crippen molar-refractivity contribution < 1.29 is 8.78 Å². The monoisotopic (exact) mass is 292 g/mol. The lowest BCUT2D eigenvalue weighted by molar-refractivity contribution is 0.355. The Hall–Kier alpha value is -0.970. The van der Waals surface area contributed by atoms with Crippen molar-refractivity contribution in [1.29, 1.82) is 0 Å². The van der Waals surface area contributed by atoms with Gasteiger partial charge >= 0.3 is 0 Å². The molecule has 0 unspecified atom stereocenters. The van der Waals surface area contributed by atoms with Gasteiger partial charge in [0.2, 0.25) is 0 Å². The maximum absolute atomic E-state index is 13.8. The van der Waals surface area contributed by atoms with Crippen molar-refractivity contribution in [2.45, 2.75) is 27.7 Å². The van der Waals surface area contributed by atoms with Crippen LogP contribution >= 0.6 is 11.8 Å². The molecule has 0 radical (unpaired) electrons. The predicted octanol–water partition coefficient (Wildman–Crippen LogP) is 4.22. The van der Waals surface area contributed by atoms with Gasteiger partial charge in [0, 0.05) is 24.5 Å². The fourth-order valence-corrected chi connectivity index (χ4v) is 1.80. The molecule has 0 bridgehead atoms. The summed E-state index contributed by atoms with van der Waals surface area (Å²) in [7, 11) is 0. The molecule has 5 heteroatoms. The molecule has 0 aliphatic carbocycles. The largest absolute Gasteiger partial charge is 0.399 e. The highest BCUT2D eigenvalue weighted by Crippen LogP contribution is 2.22. The number of thioether (sulfide) groups is 1. The van der Waals surface area contributed by atoms with Gasteiger partial charge in [0.1, 0.15) is 11.5 Å². The van der Waals surface area contributed by atoms with Gasteiger partial charge in [-0.3, -0.25) is 0 Å². The zero-order valence-corrected chi connectivity index (χ0v) is 13.4. The highest BCUT2D eigenvalue weighted by atomic mass is 32.2. The van der Waals surface area contributed by atoms with Gasteiger partial charge in [0.25, 0.3) is 0 Å². The van der Waals surface area contributed by atoms with Crippen LogP contribution in [0.25, 0.3) is 0 Å². The van der Waals surface area contributed by atoms with Crippen molar-refractivity contribution in [3.05, 3.63) is 35.7 Å². The molecule has 2 N–H and O–H groups in total. The second-order valence-corrected chi connectivity index (χ2v) is 4.51. The number of hydrogen-bond acceptors (Lipinski definition) is 3. The van der Waals surface area contributed by atoms with Gasteiger partial charge in [0.05, 0.1) is 0 Å². The Morgan fingerprint density at radius 2 is 1.89 bits per heavy atom. The summed E-state index contributed by atoms with van der Waals surface area (Å²) in [6.45, 7) is 11.6. The first-order valence-corrected chi connectivity index (χ1v) is 7.75. The molecule has 0 aromatic carbocycles. The van der Waals surface area contributed by atoms with Gasteiger partial charge in [-0.15, -0.1) is 0 Å². The zero-order valence-electron chi connectivity index (χ0n) is 12.6. The summed E-state index contributed by atoms with van der Waals surface area (Å²) in [4.78, 5) is 1.65. The number of nitrogens with zero attached hydrogens (tertiary/aromatic N) is 1. The molecule has 0 spiro atoms. The van der Waals surface area contributed by atoms with Crippen LogP contribution < -0.4 is 5.73 Å². The Labute approximate surface area is 120 Å². The quantitative estimate of drug-likeness (QED) is 0.712. The molecule has 19 heavy (non-hydrogen) atoms. The maximum Gasteiger partial charge on any atom is 0.151 e. The highest BCUT2D eigenvalue weighted by molar-refractivity contribution is 7.98. The minimum atomic E-state index is -0.680. The third-order valence-electron chi connectivity index (χ3n) is 2.13. The average Bonchev–Trinajstić information content (AvgIpc) is 2.35. The average molecular weight is 292 g/mol. The molecule has 0 aliphatic heterocycles. The molecular weight excluding hydrogens is 266 g/mol. The molecule has 112 valence electrons. The van der Waals surface area contributed by atoms with Crippen LogP contribution in [0.1, 0.15) is 27.7 Å². The first kappa shape index (κ1) is 20.3. The molecule has 0 saturated carbocycles. The number of halogens is 2. The maximum atomic E-state index is 13.8. The molecule has 0 heterocycles. The normalized spacial score (nSPS) is 12.3. The van der Waals surface area contributed by atoms with E-state index in [4.69, 9.17) is 5.73 Å². The molecule has 0 aromatic heterocycles. The molecule has 2 nitrogen and oxygen atoms in total. The van der Waals surface area contributed by atoms with E-state index in [0.29, 0.717) is 13.1 Å². The summed E-state index contributed by atoms with van der Waals surface area (Å²) >= 11 is 1.63. The predicted molar refractivity (Wildman–Crippen MR) is 83.3 cm³/mol. The van der Waals surface area contributed by atoms with E-state index in [2.05, 4.69) is 6.58 Å². The Morgan fingerprint density at radius 1 is 1.37 bits per heavy atom. The minimum absolute atomic E-state index is 0.0341. The van der Waals surface area contributed by atoms with E-state index in [1.165, 1.54) is 6.92 Å². The van der Waals surface area contributed by atoms with Crippen LogP contribution in [0.4, 0.5) is 8.78 Å². The summed E-state index contributed by atoms with van der Waals surface area (Å²) in [6.07, 6.45) is 2.99. The fourth-order valence-electron chi connectivity index (χ4n) is 1.39. The van der Waals surface area contributed by atoms with E-state index in [1.807, 2.05) is 27.0 Å². The van der Waals surface area contributed by atoms with Crippen LogP contribution in [0, 0.1) is 0 Å². The van der Waals surface area contributed by atoms with E-state index in [1.54, 1.807) is 16.7 Å². The smallest absolute Gasteiger partial charge is 0.151 e. The van der Waals surface area contributed by atoms with Gasteiger partial charge < -0.3 is 10.6 Å². The van der Waals surface area contributed by atoms with Crippen LogP contribution in [0.5, 0.6) is 0 Å². The fraction of sp³-hybridized carbons (Fsp3) is 0.571. The van der Waals surface area contributed by atoms with Crippen molar-refractivity contribution >= 4 is 11.8 Å². The van der Waals surface area contributed by atoms with Gasteiger partial charge in [-0.2, -0.15) is 11.8 Å². The van der Waals surface area contributed by atoms with Crippen molar-refractivity contribution in [2.75, 3.05) is 25.1 Å². The lowest BCUT2D eigenvalue weighted by Gasteiger charge is -2.25. The summed E-state index contributed by atoms with van der Waals surface area (Å²) in [6, 6.07) is 0. The van der Waals surface area contributed by atoms with Gasteiger partial charge in [-0.25, -0.2) is 8.78 Å². The van der Waals surface area contributed by atoms with Crippen LogP contribution in [0.3, 0.4) is 0 Å². The van der Waals surface area contributed by atoms with Gasteiger partial charge in [-0.05, 0) is 26.2 Å². The summed E-state index contributed by atoms with van der Waals surface area (Å²) in [5.41, 5.74) is 5.33. The van der Waals surface area contributed by atoms with Crippen LogP contribution in [-0.4, -0.2) is 30.0 Å². The van der Waals surface area contributed by atoms with E-state index >= 15 is 0 Å². The number of likely N-dealkylation sites (N-methyl/N-ethyl adjacent to an activating group) is 1. The van der Waals surface area contributed by atoms with Crippen molar-refractivity contribution in [3.63, 3.8) is 0 Å². The lowest BCUT2D eigenvalue weighted by atomic mass is 10.2. The van der Waals surface area contributed by atoms with E-state index in [-0.39, 0.29) is 11.4 Å². The molecular formula is C14H26F2N2S. The molecule has 0 rings (SSSR count). The summed E-state index contributed by atoms with van der Waals surface area (Å²) < 4.78 is 27.2. The van der Waals surface area contributed by atoms with Crippen LogP contribution in [-0.2, 0) is 0 Å². The first-order valence-electron chi connectivity index (χ1n) is 6.36. The summed E-state index contributed by atoms with van der Waals surface area (Å²) in [5.74, 6) is -0.426. The Morgan fingerprint density at radius 3 is 2.21 bits per heavy atom. The molecule has 0 saturated heterocycles. The topological polar surface area (TPSA) is 29.3 Å².